The molecule has 2 atom stereocenters. The Morgan fingerprint density at radius 2 is 2.10 bits per heavy atom. The maximum absolute atomic E-state index is 11.8. The Balaban J connectivity index is 2.09. The molecule has 1 aromatic rings. The molecule has 1 aliphatic carbocycles. The zero-order valence-corrected chi connectivity index (χ0v) is 12.3. The Hall–Kier alpha value is -1.47. The van der Waals surface area contributed by atoms with Crippen LogP contribution in [0.1, 0.15) is 24.4 Å². The van der Waals surface area contributed by atoms with Gasteiger partial charge in [0.2, 0.25) is 0 Å². The SMILES string of the molecule is Cc1cn([C@H]2C=C[C@@H](OCP(=O)(O)O)CC2)c(=O)[nH]c1=O. The molecule has 8 nitrogen and oxygen atoms in total. The molecule has 21 heavy (non-hydrogen) atoms. The summed E-state index contributed by atoms with van der Waals surface area (Å²) in [6.07, 6.45) is 5.04. The van der Waals surface area contributed by atoms with Gasteiger partial charge in [-0.15, -0.1) is 0 Å². The summed E-state index contributed by atoms with van der Waals surface area (Å²) in [4.78, 5) is 42.8. The largest absolute Gasteiger partial charge is 0.362 e. The van der Waals surface area contributed by atoms with E-state index in [0.29, 0.717) is 18.4 Å². The van der Waals surface area contributed by atoms with Crippen LogP contribution in [0, 0.1) is 6.92 Å². The van der Waals surface area contributed by atoms with Crippen molar-refractivity contribution in [1.29, 1.82) is 0 Å². The molecule has 0 unspecified atom stereocenters. The van der Waals surface area contributed by atoms with Gasteiger partial charge in [0.1, 0.15) is 6.35 Å². The van der Waals surface area contributed by atoms with Crippen LogP contribution < -0.4 is 11.2 Å². The molecule has 0 fully saturated rings. The van der Waals surface area contributed by atoms with Crippen LogP contribution in [0.25, 0.3) is 0 Å². The van der Waals surface area contributed by atoms with E-state index in [0.717, 1.165) is 0 Å². The van der Waals surface area contributed by atoms with E-state index in [4.69, 9.17) is 14.5 Å². The molecular formula is C12H17N2O6P. The third-order valence-electron chi connectivity index (χ3n) is 3.25. The van der Waals surface area contributed by atoms with Crippen molar-refractivity contribution in [3.63, 3.8) is 0 Å². The van der Waals surface area contributed by atoms with Gasteiger partial charge in [0.05, 0.1) is 12.1 Å². The minimum atomic E-state index is -4.18. The van der Waals surface area contributed by atoms with Gasteiger partial charge in [-0.05, 0) is 19.8 Å². The number of nitrogens with zero attached hydrogens (tertiary/aromatic N) is 1. The maximum atomic E-state index is 11.8. The summed E-state index contributed by atoms with van der Waals surface area (Å²) in [6.45, 7) is 1.62. The normalized spacial score (nSPS) is 22.4. The Kier molecular flexibility index (Phi) is 4.63. The summed E-state index contributed by atoms with van der Waals surface area (Å²) in [7, 11) is -4.18. The summed E-state index contributed by atoms with van der Waals surface area (Å²) in [5, 5.41) is 0. The lowest BCUT2D eigenvalue weighted by Gasteiger charge is -2.24. The van der Waals surface area contributed by atoms with Gasteiger partial charge in [0, 0.05) is 11.8 Å². The number of allylic oxidation sites excluding steroid dienone is 1. The number of aryl methyl sites for hydroxylation is 1. The zero-order valence-electron chi connectivity index (χ0n) is 11.4. The fourth-order valence-electron chi connectivity index (χ4n) is 2.18. The van der Waals surface area contributed by atoms with Gasteiger partial charge in [-0.25, -0.2) is 4.79 Å². The standard InChI is InChI=1S/C12H17N2O6P/c1-8-6-14(12(16)13-11(8)15)9-2-4-10(5-3-9)20-7-21(17,18)19/h2,4,6,9-10H,3,5,7H2,1H3,(H,13,15,16)(H2,17,18,19)/t9-,10+/m0/s1. The van der Waals surface area contributed by atoms with Crippen LogP contribution in [0.5, 0.6) is 0 Å². The lowest BCUT2D eigenvalue weighted by molar-refractivity contribution is 0.0933. The molecule has 0 aliphatic heterocycles. The highest BCUT2D eigenvalue weighted by molar-refractivity contribution is 7.51. The number of nitrogens with one attached hydrogen (secondary N) is 1. The maximum Gasteiger partial charge on any atom is 0.351 e. The molecule has 0 saturated heterocycles. The molecule has 0 saturated carbocycles. The van der Waals surface area contributed by atoms with Gasteiger partial charge in [0.15, 0.2) is 0 Å². The van der Waals surface area contributed by atoms with E-state index in [1.807, 2.05) is 0 Å². The highest BCUT2D eigenvalue weighted by Gasteiger charge is 2.21. The second kappa shape index (κ2) is 6.11. The van der Waals surface area contributed by atoms with Crippen LogP contribution in [0.3, 0.4) is 0 Å². The molecule has 1 aromatic heterocycles. The van der Waals surface area contributed by atoms with Crippen molar-refractivity contribution < 1.29 is 19.1 Å². The lowest BCUT2D eigenvalue weighted by Crippen LogP contribution is -2.34. The van der Waals surface area contributed by atoms with E-state index >= 15 is 0 Å². The number of aromatic amines is 1. The number of ether oxygens (including phenoxy) is 1. The van der Waals surface area contributed by atoms with E-state index in [1.54, 1.807) is 19.1 Å². The van der Waals surface area contributed by atoms with E-state index in [1.165, 1.54) is 10.8 Å². The molecule has 0 aromatic carbocycles. The molecular weight excluding hydrogens is 299 g/mol. The molecule has 0 spiro atoms. The fraction of sp³-hybridized carbons (Fsp3) is 0.500. The Bertz CT molecular complexity index is 700. The first-order valence-electron chi connectivity index (χ1n) is 6.43. The van der Waals surface area contributed by atoms with Gasteiger partial charge in [-0.2, -0.15) is 0 Å². The Labute approximate surface area is 120 Å². The van der Waals surface area contributed by atoms with Gasteiger partial charge in [-0.3, -0.25) is 18.9 Å². The summed E-state index contributed by atoms with van der Waals surface area (Å²) < 4.78 is 17.3. The molecule has 9 heteroatoms. The molecule has 0 amide bonds. The van der Waals surface area contributed by atoms with E-state index < -0.39 is 25.2 Å². The minimum Gasteiger partial charge on any atom is -0.362 e. The topological polar surface area (TPSA) is 122 Å². The van der Waals surface area contributed by atoms with E-state index in [9.17, 15) is 14.2 Å². The third-order valence-corrected chi connectivity index (χ3v) is 3.74. The van der Waals surface area contributed by atoms with Crippen molar-refractivity contribution in [2.24, 2.45) is 0 Å². The number of aromatic nitrogens is 2. The number of rotatable bonds is 4. The van der Waals surface area contributed by atoms with Crippen LogP contribution in [0.2, 0.25) is 0 Å². The van der Waals surface area contributed by atoms with Crippen molar-refractivity contribution >= 4 is 7.60 Å². The Morgan fingerprint density at radius 3 is 2.67 bits per heavy atom. The molecule has 116 valence electrons. The molecule has 3 N–H and O–H groups in total. The third kappa shape index (κ3) is 4.25. The van der Waals surface area contributed by atoms with Crippen molar-refractivity contribution in [2.75, 3.05) is 6.35 Å². The zero-order chi connectivity index (χ0) is 15.6. The highest BCUT2D eigenvalue weighted by atomic mass is 31.2. The smallest absolute Gasteiger partial charge is 0.351 e. The van der Waals surface area contributed by atoms with Crippen LogP contribution in [0.4, 0.5) is 0 Å². The first kappa shape index (κ1) is 15.9. The molecule has 1 aliphatic rings. The predicted molar refractivity (Wildman–Crippen MR) is 75.3 cm³/mol. The van der Waals surface area contributed by atoms with Crippen LogP contribution in [-0.4, -0.2) is 31.8 Å². The van der Waals surface area contributed by atoms with Crippen molar-refractivity contribution in [1.82, 2.24) is 9.55 Å². The highest BCUT2D eigenvalue weighted by Crippen LogP contribution is 2.35. The molecule has 1 heterocycles. The van der Waals surface area contributed by atoms with Crippen molar-refractivity contribution in [3.8, 4) is 0 Å². The summed E-state index contributed by atoms with van der Waals surface area (Å²) >= 11 is 0. The molecule has 0 bridgehead atoms. The van der Waals surface area contributed by atoms with Gasteiger partial charge < -0.3 is 14.5 Å². The van der Waals surface area contributed by atoms with Crippen LogP contribution >= 0.6 is 7.60 Å². The average molecular weight is 316 g/mol. The second-order valence-electron chi connectivity index (χ2n) is 5.01. The average Bonchev–Trinajstić information content (AvgIpc) is 2.40. The van der Waals surface area contributed by atoms with Gasteiger partial charge in [0.25, 0.3) is 5.56 Å². The fourth-order valence-corrected chi connectivity index (χ4v) is 2.56. The number of hydrogen-bond donors (Lipinski definition) is 3. The molecule has 2 rings (SSSR count). The van der Waals surface area contributed by atoms with Crippen molar-refractivity contribution in [3.05, 3.63) is 44.8 Å². The number of H-pyrrole nitrogens is 1. The monoisotopic (exact) mass is 316 g/mol. The quantitative estimate of drug-likeness (QED) is 0.541. The second-order valence-corrected chi connectivity index (χ2v) is 6.59. The predicted octanol–water partition coefficient (Wildman–Crippen LogP) is 0.257. The first-order valence-corrected chi connectivity index (χ1v) is 8.22. The number of hydrogen-bond acceptors (Lipinski definition) is 4. The van der Waals surface area contributed by atoms with Gasteiger partial charge in [-0.1, -0.05) is 12.2 Å². The van der Waals surface area contributed by atoms with E-state index in [-0.39, 0.29) is 12.1 Å². The Morgan fingerprint density at radius 1 is 1.38 bits per heavy atom. The minimum absolute atomic E-state index is 0.206. The first-order chi connectivity index (χ1) is 9.76. The van der Waals surface area contributed by atoms with Gasteiger partial charge >= 0.3 is 13.3 Å². The van der Waals surface area contributed by atoms with Crippen LogP contribution in [0.15, 0.2) is 27.9 Å². The van der Waals surface area contributed by atoms with E-state index in [2.05, 4.69) is 4.98 Å². The summed E-state index contributed by atoms with van der Waals surface area (Å²) in [5.41, 5.74) is -0.434. The van der Waals surface area contributed by atoms with Crippen LogP contribution in [-0.2, 0) is 9.30 Å². The lowest BCUT2D eigenvalue weighted by atomic mass is 10.0. The summed E-state index contributed by atoms with van der Waals surface area (Å²) in [5.74, 6) is 0. The van der Waals surface area contributed by atoms with Crippen molar-refractivity contribution in [2.45, 2.75) is 31.9 Å². The summed E-state index contributed by atoms with van der Waals surface area (Å²) in [6, 6.07) is -0.206. The molecule has 0 radical (unpaired) electrons.